The maximum Gasteiger partial charge on any atom is 0.0422 e. The van der Waals surface area contributed by atoms with Crippen molar-refractivity contribution in [3.63, 3.8) is 0 Å². The Kier molecular flexibility index (Phi) is 1.29. The molecule has 1 heterocycles. The summed E-state index contributed by atoms with van der Waals surface area (Å²) < 4.78 is 11.5. The van der Waals surface area contributed by atoms with Crippen LogP contribution in [0.2, 0.25) is 0 Å². The van der Waals surface area contributed by atoms with E-state index in [1.54, 1.807) is 0 Å². The van der Waals surface area contributed by atoms with Gasteiger partial charge in [-0.3, -0.25) is 4.21 Å². The van der Waals surface area contributed by atoms with Gasteiger partial charge in [0.15, 0.2) is 0 Å². The average Bonchev–Trinajstić information content (AvgIpc) is 1.63. The van der Waals surface area contributed by atoms with E-state index in [-0.39, 0.29) is 9.49 Å². The number of hydrogen-bond acceptors (Lipinski definition) is 1. The van der Waals surface area contributed by atoms with Crippen LogP contribution in [0.15, 0.2) is 0 Å². The third kappa shape index (κ3) is 0.936. The van der Waals surface area contributed by atoms with E-state index < -0.39 is 10.8 Å². The van der Waals surface area contributed by atoms with Crippen molar-refractivity contribution in [1.29, 1.82) is 0 Å². The van der Waals surface area contributed by atoms with Gasteiger partial charge in [-0.15, -0.1) is 0 Å². The molecule has 0 N–H and O–H groups in total. The zero-order valence-corrected chi connectivity index (χ0v) is 7.34. The van der Waals surface area contributed by atoms with Crippen LogP contribution in [0.1, 0.15) is 34.1 Å². The Morgan fingerprint density at radius 1 is 1.11 bits per heavy atom. The Hall–Kier alpha value is 0.150. The molecule has 1 fully saturated rings. The molecule has 0 amide bonds. The molecule has 1 aliphatic heterocycles. The first-order chi connectivity index (χ1) is 3.86. The second-order valence-electron chi connectivity index (χ2n) is 3.96. The molecule has 9 heavy (non-hydrogen) atoms. The fourth-order valence-electron chi connectivity index (χ4n) is 1.82. The van der Waals surface area contributed by atoms with Crippen LogP contribution in [0.5, 0.6) is 0 Å². The lowest BCUT2D eigenvalue weighted by molar-refractivity contribution is 0.434. The molecule has 0 aromatic rings. The van der Waals surface area contributed by atoms with Crippen LogP contribution in [-0.4, -0.2) is 13.7 Å². The Morgan fingerprint density at radius 2 is 1.44 bits per heavy atom. The van der Waals surface area contributed by atoms with Gasteiger partial charge < -0.3 is 0 Å². The lowest BCUT2D eigenvalue weighted by atomic mass is 9.97. The van der Waals surface area contributed by atoms with Gasteiger partial charge in [0.05, 0.1) is 0 Å². The zero-order valence-electron chi connectivity index (χ0n) is 6.52. The summed E-state index contributed by atoms with van der Waals surface area (Å²) in [5.41, 5.74) is 0. The van der Waals surface area contributed by atoms with Crippen LogP contribution in [0, 0.1) is 0 Å². The summed E-state index contributed by atoms with van der Waals surface area (Å²) >= 11 is 0. The summed E-state index contributed by atoms with van der Waals surface area (Å²) in [5.74, 6) is 0. The van der Waals surface area contributed by atoms with Crippen molar-refractivity contribution in [2.24, 2.45) is 0 Å². The minimum Gasteiger partial charge on any atom is -0.258 e. The van der Waals surface area contributed by atoms with E-state index in [2.05, 4.69) is 27.7 Å². The van der Waals surface area contributed by atoms with E-state index in [0.717, 1.165) is 6.42 Å². The SMILES string of the molecule is CC1(C)CC(C)(C)S1=O. The molecular formula is C7H14OS. The van der Waals surface area contributed by atoms with Gasteiger partial charge in [-0.2, -0.15) is 0 Å². The zero-order chi connectivity index (χ0) is 7.28. The van der Waals surface area contributed by atoms with Crippen LogP contribution in [-0.2, 0) is 10.8 Å². The van der Waals surface area contributed by atoms with E-state index in [1.807, 2.05) is 0 Å². The number of hydrogen-bond donors (Lipinski definition) is 0. The third-order valence-electron chi connectivity index (χ3n) is 1.86. The van der Waals surface area contributed by atoms with Crippen molar-refractivity contribution in [3.05, 3.63) is 0 Å². The first-order valence-corrected chi connectivity index (χ1v) is 4.43. The first kappa shape index (κ1) is 7.26. The molecule has 1 nitrogen and oxygen atoms in total. The predicted octanol–water partition coefficient (Wildman–Crippen LogP) is 1.70. The van der Waals surface area contributed by atoms with Crippen LogP contribution in [0.4, 0.5) is 0 Å². The molecule has 0 bridgehead atoms. The smallest absolute Gasteiger partial charge is 0.0422 e. The van der Waals surface area contributed by atoms with Gasteiger partial charge in [-0.05, 0) is 34.1 Å². The van der Waals surface area contributed by atoms with Gasteiger partial charge >= 0.3 is 0 Å². The van der Waals surface area contributed by atoms with Crippen molar-refractivity contribution < 1.29 is 4.21 Å². The van der Waals surface area contributed by atoms with Gasteiger partial charge in [0.1, 0.15) is 0 Å². The fourth-order valence-corrected chi connectivity index (χ4v) is 4.06. The van der Waals surface area contributed by atoms with Gasteiger partial charge in [0.25, 0.3) is 0 Å². The van der Waals surface area contributed by atoms with Crippen LogP contribution >= 0.6 is 0 Å². The van der Waals surface area contributed by atoms with E-state index in [4.69, 9.17) is 0 Å². The third-order valence-corrected chi connectivity index (χ3v) is 4.15. The van der Waals surface area contributed by atoms with E-state index >= 15 is 0 Å². The van der Waals surface area contributed by atoms with Crippen molar-refractivity contribution in [1.82, 2.24) is 0 Å². The lowest BCUT2D eigenvalue weighted by Crippen LogP contribution is -2.55. The molecule has 0 unspecified atom stereocenters. The van der Waals surface area contributed by atoms with Crippen LogP contribution in [0.25, 0.3) is 0 Å². The van der Waals surface area contributed by atoms with Crippen molar-refractivity contribution in [2.45, 2.75) is 43.6 Å². The normalized spacial score (nSPS) is 31.6. The quantitative estimate of drug-likeness (QED) is 0.508. The van der Waals surface area contributed by atoms with E-state index in [1.165, 1.54) is 0 Å². The summed E-state index contributed by atoms with van der Waals surface area (Å²) in [4.78, 5) is 0. The molecule has 0 spiro atoms. The molecule has 0 aromatic heterocycles. The lowest BCUT2D eigenvalue weighted by Gasteiger charge is -2.47. The molecule has 1 rings (SSSR count). The summed E-state index contributed by atoms with van der Waals surface area (Å²) in [6.07, 6.45) is 1.09. The summed E-state index contributed by atoms with van der Waals surface area (Å²) in [7, 11) is -0.613. The highest BCUT2D eigenvalue weighted by molar-refractivity contribution is 7.89. The Labute approximate surface area is 59.3 Å². The van der Waals surface area contributed by atoms with Crippen molar-refractivity contribution >= 4 is 10.8 Å². The van der Waals surface area contributed by atoms with E-state index in [0.29, 0.717) is 0 Å². The van der Waals surface area contributed by atoms with Gasteiger partial charge in [-0.1, -0.05) is 0 Å². The molecule has 1 aliphatic rings. The molecule has 54 valence electrons. The number of rotatable bonds is 0. The second-order valence-corrected chi connectivity index (χ2v) is 6.71. The van der Waals surface area contributed by atoms with Crippen LogP contribution in [0.3, 0.4) is 0 Å². The maximum absolute atomic E-state index is 11.3. The molecular weight excluding hydrogens is 132 g/mol. The second kappa shape index (κ2) is 1.60. The van der Waals surface area contributed by atoms with E-state index in [9.17, 15) is 4.21 Å². The van der Waals surface area contributed by atoms with Gasteiger partial charge in [-0.25, -0.2) is 0 Å². The monoisotopic (exact) mass is 146 g/mol. The Balaban J connectivity index is 2.74. The first-order valence-electron chi connectivity index (χ1n) is 3.28. The molecule has 0 atom stereocenters. The highest BCUT2D eigenvalue weighted by Crippen LogP contribution is 2.44. The Morgan fingerprint density at radius 3 is 1.44 bits per heavy atom. The van der Waals surface area contributed by atoms with Gasteiger partial charge in [0.2, 0.25) is 0 Å². The highest BCUT2D eigenvalue weighted by Gasteiger charge is 2.50. The summed E-state index contributed by atoms with van der Waals surface area (Å²) in [6, 6.07) is 0. The van der Waals surface area contributed by atoms with Crippen molar-refractivity contribution in [3.8, 4) is 0 Å². The van der Waals surface area contributed by atoms with Gasteiger partial charge in [0, 0.05) is 20.3 Å². The molecule has 1 saturated heterocycles. The van der Waals surface area contributed by atoms with Crippen LogP contribution < -0.4 is 0 Å². The molecule has 0 saturated carbocycles. The topological polar surface area (TPSA) is 17.1 Å². The fraction of sp³-hybridized carbons (Fsp3) is 1.00. The average molecular weight is 146 g/mol. The minimum atomic E-state index is -0.613. The molecule has 2 heteroatoms. The summed E-state index contributed by atoms with van der Waals surface area (Å²) in [6.45, 7) is 8.26. The maximum atomic E-state index is 11.3. The molecule has 0 aliphatic carbocycles. The molecule has 0 radical (unpaired) electrons. The minimum absolute atomic E-state index is 0.0868. The Bertz CT molecular complexity index is 142. The standard InChI is InChI=1S/C7H14OS/c1-6(2)5-7(3,4)9(6)8/h5H2,1-4H3. The highest BCUT2D eigenvalue weighted by atomic mass is 32.2. The largest absolute Gasteiger partial charge is 0.258 e. The van der Waals surface area contributed by atoms with Crippen molar-refractivity contribution in [2.75, 3.05) is 0 Å². The molecule has 0 aromatic carbocycles. The summed E-state index contributed by atoms with van der Waals surface area (Å²) in [5, 5.41) is 0. The predicted molar refractivity (Wildman–Crippen MR) is 40.9 cm³/mol.